The molecule has 0 spiro atoms. The summed E-state index contributed by atoms with van der Waals surface area (Å²) in [5, 5.41) is 9.48. The minimum absolute atomic E-state index is 0.0362. The Hall–Kier alpha value is -0.610. The zero-order chi connectivity index (χ0) is 10.9. The van der Waals surface area contributed by atoms with Crippen LogP contribution in [0.1, 0.15) is 27.2 Å². The largest absolute Gasteiger partial charge is 0.386 e. The number of amides is 1. The number of carbonyl (C=O) groups excluding carboxylic acids is 1. The smallest absolute Gasteiger partial charge is 0.239 e. The van der Waals surface area contributed by atoms with Gasteiger partial charge in [-0.05, 0) is 12.8 Å². The van der Waals surface area contributed by atoms with Crippen molar-refractivity contribution in [3.8, 4) is 0 Å². The Morgan fingerprint density at radius 3 is 2.50 bits per heavy atom. The quantitative estimate of drug-likeness (QED) is 0.671. The number of rotatable bonds is 3. The van der Waals surface area contributed by atoms with E-state index in [1.54, 1.807) is 11.8 Å². The predicted octanol–water partition coefficient (Wildman–Crippen LogP) is -0.0470. The third-order valence-electron chi connectivity index (χ3n) is 2.92. The average molecular weight is 200 g/mol. The molecule has 2 atom stereocenters. The minimum atomic E-state index is -0.704. The number of likely N-dealkylation sites (tertiary alicyclic amines) is 1. The first-order valence-corrected chi connectivity index (χ1v) is 5.14. The molecule has 0 aromatic heterocycles. The standard InChI is InChI=1S/C10H20N2O2/c1-4-7(2)8(11)9(13)12-5-10(3,14)6-12/h7-8,14H,4-6,11H2,1-3H3/t7-,8-/m0/s1. The number of hydrogen-bond acceptors (Lipinski definition) is 3. The Labute approximate surface area is 85.1 Å². The molecule has 1 aliphatic rings. The van der Waals surface area contributed by atoms with Gasteiger partial charge in [0.15, 0.2) is 0 Å². The molecule has 0 aromatic carbocycles. The van der Waals surface area contributed by atoms with Crippen molar-refractivity contribution in [2.24, 2.45) is 11.7 Å². The van der Waals surface area contributed by atoms with Crippen molar-refractivity contribution in [2.45, 2.75) is 38.8 Å². The van der Waals surface area contributed by atoms with Gasteiger partial charge in [0, 0.05) is 0 Å². The van der Waals surface area contributed by atoms with Gasteiger partial charge in [-0.2, -0.15) is 0 Å². The Morgan fingerprint density at radius 1 is 1.64 bits per heavy atom. The van der Waals surface area contributed by atoms with Crippen LogP contribution in [0.2, 0.25) is 0 Å². The van der Waals surface area contributed by atoms with Crippen molar-refractivity contribution in [3.63, 3.8) is 0 Å². The lowest BCUT2D eigenvalue weighted by molar-refractivity contribution is -0.154. The second-order valence-electron chi connectivity index (χ2n) is 4.60. The number of nitrogens with zero attached hydrogens (tertiary/aromatic N) is 1. The van der Waals surface area contributed by atoms with Crippen molar-refractivity contribution in [2.75, 3.05) is 13.1 Å². The highest BCUT2D eigenvalue weighted by Crippen LogP contribution is 2.21. The summed E-state index contributed by atoms with van der Waals surface area (Å²) in [6.45, 7) is 6.54. The van der Waals surface area contributed by atoms with Gasteiger partial charge in [-0.25, -0.2) is 0 Å². The van der Waals surface area contributed by atoms with E-state index in [2.05, 4.69) is 0 Å². The number of carbonyl (C=O) groups is 1. The van der Waals surface area contributed by atoms with E-state index in [1.807, 2.05) is 13.8 Å². The van der Waals surface area contributed by atoms with E-state index < -0.39 is 11.6 Å². The summed E-state index contributed by atoms with van der Waals surface area (Å²) in [7, 11) is 0. The third-order valence-corrected chi connectivity index (χ3v) is 2.92. The molecule has 14 heavy (non-hydrogen) atoms. The molecular formula is C10H20N2O2. The molecule has 0 bridgehead atoms. The van der Waals surface area contributed by atoms with Gasteiger partial charge >= 0.3 is 0 Å². The van der Waals surface area contributed by atoms with Crippen LogP contribution >= 0.6 is 0 Å². The lowest BCUT2D eigenvalue weighted by atomic mass is 9.92. The number of nitrogens with two attached hydrogens (primary N) is 1. The lowest BCUT2D eigenvalue weighted by Gasteiger charge is -2.45. The molecule has 0 unspecified atom stereocenters. The van der Waals surface area contributed by atoms with Gasteiger partial charge in [-0.15, -0.1) is 0 Å². The van der Waals surface area contributed by atoms with Gasteiger partial charge in [0.2, 0.25) is 5.91 Å². The SMILES string of the molecule is CC[C@H](C)[C@H](N)C(=O)N1CC(C)(O)C1. The molecule has 1 rings (SSSR count). The van der Waals surface area contributed by atoms with E-state index in [9.17, 15) is 9.90 Å². The highest BCUT2D eigenvalue weighted by atomic mass is 16.3. The van der Waals surface area contributed by atoms with Gasteiger partial charge < -0.3 is 15.7 Å². The highest BCUT2D eigenvalue weighted by Gasteiger charge is 2.41. The second-order valence-corrected chi connectivity index (χ2v) is 4.60. The molecule has 1 aliphatic heterocycles. The number of hydrogen-bond donors (Lipinski definition) is 2. The van der Waals surface area contributed by atoms with Crippen molar-refractivity contribution in [1.29, 1.82) is 0 Å². The Morgan fingerprint density at radius 2 is 2.14 bits per heavy atom. The summed E-state index contributed by atoms with van der Waals surface area (Å²) in [5.74, 6) is 0.166. The Kier molecular flexibility index (Phi) is 3.17. The maximum atomic E-state index is 11.7. The fourth-order valence-corrected chi connectivity index (χ4v) is 1.64. The van der Waals surface area contributed by atoms with E-state index in [4.69, 9.17) is 5.73 Å². The number of aliphatic hydroxyl groups is 1. The summed E-state index contributed by atoms with van der Waals surface area (Å²) in [6.07, 6.45) is 0.900. The van der Waals surface area contributed by atoms with Crippen LogP contribution in [0.25, 0.3) is 0 Å². The molecule has 0 saturated carbocycles. The molecule has 1 heterocycles. The van der Waals surface area contributed by atoms with Crippen molar-refractivity contribution < 1.29 is 9.90 Å². The molecule has 0 aliphatic carbocycles. The average Bonchev–Trinajstić information content (AvgIpc) is 2.10. The molecule has 1 saturated heterocycles. The van der Waals surface area contributed by atoms with E-state index in [-0.39, 0.29) is 11.8 Å². The summed E-state index contributed by atoms with van der Waals surface area (Å²) in [6, 6.07) is -0.420. The molecule has 1 amide bonds. The minimum Gasteiger partial charge on any atom is -0.386 e. The molecule has 82 valence electrons. The second kappa shape index (κ2) is 3.87. The molecule has 0 radical (unpaired) electrons. The summed E-state index contributed by atoms with van der Waals surface area (Å²) < 4.78 is 0. The summed E-state index contributed by atoms with van der Waals surface area (Å²) in [4.78, 5) is 13.3. The molecule has 0 aromatic rings. The Balaban J connectivity index is 2.44. The fraction of sp³-hybridized carbons (Fsp3) is 0.900. The number of β-amino-alcohol motifs (C(OH)–C–C–N with tert-alkyl or cyclic N) is 1. The monoisotopic (exact) mass is 200 g/mol. The lowest BCUT2D eigenvalue weighted by Crippen LogP contribution is -2.65. The summed E-state index contributed by atoms with van der Waals surface area (Å²) in [5.41, 5.74) is 5.09. The molecule has 3 N–H and O–H groups in total. The van der Waals surface area contributed by atoms with Gasteiger partial charge in [-0.1, -0.05) is 20.3 Å². The van der Waals surface area contributed by atoms with E-state index in [0.29, 0.717) is 13.1 Å². The van der Waals surface area contributed by atoms with Crippen molar-refractivity contribution in [1.82, 2.24) is 4.90 Å². The topological polar surface area (TPSA) is 66.6 Å². The van der Waals surface area contributed by atoms with E-state index in [0.717, 1.165) is 6.42 Å². The zero-order valence-electron chi connectivity index (χ0n) is 9.16. The van der Waals surface area contributed by atoms with E-state index in [1.165, 1.54) is 0 Å². The highest BCUT2D eigenvalue weighted by molar-refractivity contribution is 5.83. The first-order chi connectivity index (χ1) is 6.37. The molecular weight excluding hydrogens is 180 g/mol. The van der Waals surface area contributed by atoms with Crippen LogP contribution < -0.4 is 5.73 Å². The molecule has 1 fully saturated rings. The van der Waals surface area contributed by atoms with Gasteiger partial charge in [0.25, 0.3) is 0 Å². The van der Waals surface area contributed by atoms with Crippen LogP contribution in [-0.2, 0) is 4.79 Å². The predicted molar refractivity (Wildman–Crippen MR) is 54.6 cm³/mol. The van der Waals surface area contributed by atoms with E-state index >= 15 is 0 Å². The maximum absolute atomic E-state index is 11.7. The van der Waals surface area contributed by atoms with Crippen molar-refractivity contribution in [3.05, 3.63) is 0 Å². The first kappa shape index (κ1) is 11.5. The van der Waals surface area contributed by atoms with Gasteiger partial charge in [0.05, 0.1) is 24.7 Å². The van der Waals surface area contributed by atoms with Crippen LogP contribution in [0, 0.1) is 5.92 Å². The zero-order valence-corrected chi connectivity index (χ0v) is 9.16. The fourth-order valence-electron chi connectivity index (χ4n) is 1.64. The normalized spacial score (nSPS) is 23.9. The Bertz CT molecular complexity index is 220. The maximum Gasteiger partial charge on any atom is 0.239 e. The van der Waals surface area contributed by atoms with Crippen LogP contribution in [-0.4, -0.2) is 40.6 Å². The van der Waals surface area contributed by atoms with Crippen LogP contribution in [0.3, 0.4) is 0 Å². The molecule has 4 nitrogen and oxygen atoms in total. The summed E-state index contributed by atoms with van der Waals surface area (Å²) >= 11 is 0. The molecule has 4 heteroatoms. The third kappa shape index (κ3) is 2.25. The van der Waals surface area contributed by atoms with Crippen molar-refractivity contribution >= 4 is 5.91 Å². The van der Waals surface area contributed by atoms with Gasteiger partial charge in [-0.3, -0.25) is 4.79 Å². The van der Waals surface area contributed by atoms with Crippen LogP contribution in [0.4, 0.5) is 0 Å². The van der Waals surface area contributed by atoms with Crippen LogP contribution in [0.15, 0.2) is 0 Å². The van der Waals surface area contributed by atoms with Gasteiger partial charge in [0.1, 0.15) is 0 Å². The van der Waals surface area contributed by atoms with Crippen LogP contribution in [0.5, 0.6) is 0 Å². The first-order valence-electron chi connectivity index (χ1n) is 5.14.